The zero-order chi connectivity index (χ0) is 20.2. The van der Waals surface area contributed by atoms with Crippen molar-refractivity contribution < 1.29 is 17.9 Å². The van der Waals surface area contributed by atoms with Gasteiger partial charge in [-0.3, -0.25) is 9.10 Å². The zero-order valence-electron chi connectivity index (χ0n) is 15.1. The van der Waals surface area contributed by atoms with E-state index in [-0.39, 0.29) is 10.0 Å². The van der Waals surface area contributed by atoms with Gasteiger partial charge in [0.15, 0.2) is 0 Å². The smallest absolute Gasteiger partial charge is 0.248 e. The Bertz CT molecular complexity index is 917. The summed E-state index contributed by atoms with van der Waals surface area (Å²) in [6.07, 6.45) is 1.04. The predicted octanol–water partition coefficient (Wildman–Crippen LogP) is 4.19. The number of hydrogen-bond donors (Lipinski definition) is 1. The summed E-state index contributed by atoms with van der Waals surface area (Å²) < 4.78 is 31.1. The third kappa shape index (κ3) is 5.28. The first-order valence-electron chi connectivity index (χ1n) is 8.12. The van der Waals surface area contributed by atoms with Gasteiger partial charge >= 0.3 is 0 Å². The minimum atomic E-state index is -3.73. The highest BCUT2D eigenvalue weighted by atomic mass is 35.5. The van der Waals surface area contributed by atoms with E-state index < -0.39 is 22.0 Å². The number of benzene rings is 2. The van der Waals surface area contributed by atoms with E-state index in [0.717, 1.165) is 10.6 Å². The monoisotopic (exact) mass is 430 g/mol. The summed E-state index contributed by atoms with van der Waals surface area (Å²) in [6.45, 7) is 3.84. The summed E-state index contributed by atoms with van der Waals surface area (Å²) in [5.74, 6) is 0.0657. The van der Waals surface area contributed by atoms with Crippen LogP contribution in [0.1, 0.15) is 13.8 Å². The third-order valence-electron chi connectivity index (χ3n) is 3.70. The molecule has 27 heavy (non-hydrogen) atoms. The summed E-state index contributed by atoms with van der Waals surface area (Å²) in [5.41, 5.74) is 0.655. The number of halogens is 2. The Morgan fingerprint density at radius 2 is 1.81 bits per heavy atom. The number of sulfonamides is 1. The molecule has 0 spiro atoms. The van der Waals surface area contributed by atoms with Gasteiger partial charge in [-0.05, 0) is 50.2 Å². The number of carbonyl (C=O) groups excluding carboxylic acids is 1. The van der Waals surface area contributed by atoms with Crippen LogP contribution in [0.25, 0.3) is 0 Å². The van der Waals surface area contributed by atoms with E-state index in [1.54, 1.807) is 42.5 Å². The second-order valence-electron chi connectivity index (χ2n) is 5.75. The van der Waals surface area contributed by atoms with Gasteiger partial charge in [0.05, 0.1) is 34.3 Å². The molecule has 146 valence electrons. The molecular formula is C18H20Cl2N2O4S. The molecule has 2 aromatic carbocycles. The van der Waals surface area contributed by atoms with E-state index in [2.05, 4.69) is 5.32 Å². The van der Waals surface area contributed by atoms with Crippen LogP contribution in [0.3, 0.4) is 0 Å². The first-order chi connectivity index (χ1) is 12.6. The second-order valence-corrected chi connectivity index (χ2v) is 8.40. The molecule has 2 rings (SSSR count). The summed E-state index contributed by atoms with van der Waals surface area (Å²) in [4.78, 5) is 12.7. The lowest BCUT2D eigenvalue weighted by atomic mass is 10.2. The van der Waals surface area contributed by atoms with E-state index in [1.807, 2.05) is 6.92 Å². The van der Waals surface area contributed by atoms with Crippen molar-refractivity contribution in [2.24, 2.45) is 0 Å². The van der Waals surface area contributed by atoms with Crippen molar-refractivity contribution in [3.63, 3.8) is 0 Å². The molecule has 0 aliphatic rings. The number of rotatable bonds is 7. The number of amides is 1. The second kappa shape index (κ2) is 8.82. The fraction of sp³-hybridized carbons (Fsp3) is 0.278. The number of nitrogens with one attached hydrogen (secondary N) is 1. The molecule has 0 aromatic heterocycles. The standard InChI is InChI=1S/C18H20Cl2N2O4S/c1-4-26-14-10-8-13(9-11-14)22(27(3,24)25)12(2)18(23)21-16-7-5-6-15(19)17(16)20/h5-12H,4H2,1-3H3,(H,21,23)/t12-/m1/s1. The van der Waals surface area contributed by atoms with Gasteiger partial charge in [0, 0.05) is 0 Å². The van der Waals surface area contributed by atoms with Gasteiger partial charge in [-0.2, -0.15) is 0 Å². The molecule has 1 amide bonds. The fourth-order valence-electron chi connectivity index (χ4n) is 2.50. The maximum Gasteiger partial charge on any atom is 0.248 e. The number of hydrogen-bond acceptors (Lipinski definition) is 4. The van der Waals surface area contributed by atoms with Gasteiger partial charge in [-0.15, -0.1) is 0 Å². The average Bonchev–Trinajstić information content (AvgIpc) is 2.59. The molecule has 0 fully saturated rings. The van der Waals surface area contributed by atoms with E-state index in [0.29, 0.717) is 23.7 Å². The molecule has 0 aliphatic heterocycles. The maximum atomic E-state index is 12.7. The molecular weight excluding hydrogens is 411 g/mol. The Morgan fingerprint density at radius 3 is 2.37 bits per heavy atom. The van der Waals surface area contributed by atoms with Crippen LogP contribution in [-0.2, 0) is 14.8 Å². The maximum absolute atomic E-state index is 12.7. The first kappa shape index (κ1) is 21.3. The quantitative estimate of drug-likeness (QED) is 0.714. The van der Waals surface area contributed by atoms with Gasteiger partial charge in [0.25, 0.3) is 0 Å². The minimum Gasteiger partial charge on any atom is -0.494 e. The molecule has 0 heterocycles. The molecule has 1 atom stereocenters. The molecule has 0 saturated heterocycles. The lowest BCUT2D eigenvalue weighted by molar-refractivity contribution is -0.116. The zero-order valence-corrected chi connectivity index (χ0v) is 17.4. The first-order valence-corrected chi connectivity index (χ1v) is 10.7. The van der Waals surface area contributed by atoms with Crippen LogP contribution < -0.4 is 14.4 Å². The van der Waals surface area contributed by atoms with Gasteiger partial charge in [-0.25, -0.2) is 8.42 Å². The molecule has 0 bridgehead atoms. The molecule has 9 heteroatoms. The summed E-state index contributed by atoms with van der Waals surface area (Å²) in [7, 11) is -3.73. The largest absolute Gasteiger partial charge is 0.494 e. The van der Waals surface area contributed by atoms with Crippen LogP contribution in [0.5, 0.6) is 5.75 Å². The summed E-state index contributed by atoms with van der Waals surface area (Å²) >= 11 is 12.0. The van der Waals surface area contributed by atoms with Crippen molar-refractivity contribution in [1.82, 2.24) is 0 Å². The highest BCUT2D eigenvalue weighted by Crippen LogP contribution is 2.30. The van der Waals surface area contributed by atoms with Crippen LogP contribution in [0.2, 0.25) is 10.0 Å². The molecule has 2 aromatic rings. The van der Waals surface area contributed by atoms with Gasteiger partial charge in [-0.1, -0.05) is 29.3 Å². The van der Waals surface area contributed by atoms with Crippen molar-refractivity contribution in [2.45, 2.75) is 19.9 Å². The highest BCUT2D eigenvalue weighted by Gasteiger charge is 2.29. The Kier molecular flexibility index (Phi) is 6.97. The molecule has 1 N–H and O–H groups in total. The Hall–Kier alpha value is -1.96. The Balaban J connectivity index is 2.30. The van der Waals surface area contributed by atoms with Gasteiger partial charge in [0.2, 0.25) is 15.9 Å². The average molecular weight is 431 g/mol. The van der Waals surface area contributed by atoms with Crippen molar-refractivity contribution in [3.05, 3.63) is 52.5 Å². The fourth-order valence-corrected chi connectivity index (χ4v) is 4.02. The number of ether oxygens (including phenoxy) is 1. The van der Waals surface area contributed by atoms with Crippen LogP contribution in [-0.4, -0.2) is 33.2 Å². The summed E-state index contributed by atoms with van der Waals surface area (Å²) in [5, 5.41) is 3.09. The topological polar surface area (TPSA) is 75.7 Å². The predicted molar refractivity (Wildman–Crippen MR) is 109 cm³/mol. The number of anilines is 2. The van der Waals surface area contributed by atoms with Crippen molar-refractivity contribution in [1.29, 1.82) is 0 Å². The van der Waals surface area contributed by atoms with Crippen LogP contribution in [0.4, 0.5) is 11.4 Å². The lowest BCUT2D eigenvalue weighted by Crippen LogP contribution is -2.45. The van der Waals surface area contributed by atoms with Crippen molar-refractivity contribution >= 4 is 50.5 Å². The molecule has 0 unspecified atom stereocenters. The molecule has 0 radical (unpaired) electrons. The molecule has 0 saturated carbocycles. The van der Waals surface area contributed by atoms with E-state index in [1.165, 1.54) is 6.92 Å². The van der Waals surface area contributed by atoms with Gasteiger partial charge in [0.1, 0.15) is 11.8 Å². The Labute approximate surface area is 169 Å². The van der Waals surface area contributed by atoms with Crippen molar-refractivity contribution in [2.75, 3.05) is 22.5 Å². The number of carbonyl (C=O) groups is 1. The third-order valence-corrected chi connectivity index (χ3v) is 5.76. The molecule has 6 nitrogen and oxygen atoms in total. The van der Waals surface area contributed by atoms with E-state index in [9.17, 15) is 13.2 Å². The van der Waals surface area contributed by atoms with E-state index in [4.69, 9.17) is 27.9 Å². The van der Waals surface area contributed by atoms with E-state index >= 15 is 0 Å². The minimum absolute atomic E-state index is 0.187. The van der Waals surface area contributed by atoms with Crippen molar-refractivity contribution in [3.8, 4) is 5.75 Å². The summed E-state index contributed by atoms with van der Waals surface area (Å²) in [6, 6.07) is 10.3. The van der Waals surface area contributed by atoms with Crippen LogP contribution in [0.15, 0.2) is 42.5 Å². The van der Waals surface area contributed by atoms with Crippen LogP contribution >= 0.6 is 23.2 Å². The molecule has 0 aliphatic carbocycles. The highest BCUT2D eigenvalue weighted by molar-refractivity contribution is 7.92. The Morgan fingerprint density at radius 1 is 1.19 bits per heavy atom. The SMILES string of the molecule is CCOc1ccc(N([C@H](C)C(=O)Nc2cccc(Cl)c2Cl)S(C)(=O)=O)cc1. The normalized spacial score (nSPS) is 12.3. The number of nitrogens with zero attached hydrogens (tertiary/aromatic N) is 1. The van der Waals surface area contributed by atoms with Gasteiger partial charge < -0.3 is 10.1 Å². The lowest BCUT2D eigenvalue weighted by Gasteiger charge is -2.28. The van der Waals surface area contributed by atoms with Crippen LogP contribution in [0, 0.1) is 0 Å².